The number of furan rings is 1. The molecule has 0 aliphatic rings. The lowest BCUT2D eigenvalue weighted by atomic mass is 10.1. The van der Waals surface area contributed by atoms with E-state index in [1.807, 2.05) is 13.8 Å². The van der Waals surface area contributed by atoms with Gasteiger partial charge in [0.05, 0.1) is 6.26 Å². The van der Waals surface area contributed by atoms with Crippen molar-refractivity contribution in [1.82, 2.24) is 4.98 Å². The van der Waals surface area contributed by atoms with E-state index in [0.717, 1.165) is 11.1 Å². The highest BCUT2D eigenvalue weighted by Crippen LogP contribution is 2.14. The summed E-state index contributed by atoms with van der Waals surface area (Å²) in [6, 6.07) is 3.58. The summed E-state index contributed by atoms with van der Waals surface area (Å²) in [4.78, 5) is 15.9. The smallest absolute Gasteiger partial charge is 0.229 e. The first-order valence-electron chi connectivity index (χ1n) is 4.69. The molecule has 2 aromatic heterocycles. The van der Waals surface area contributed by atoms with Gasteiger partial charge in [-0.25, -0.2) is 0 Å². The van der Waals surface area contributed by atoms with Crippen LogP contribution in [0.2, 0.25) is 0 Å². The third-order valence-electron chi connectivity index (χ3n) is 2.21. The number of hydrogen-bond acceptors (Lipinski definition) is 3. The van der Waals surface area contributed by atoms with Gasteiger partial charge in [0.15, 0.2) is 5.76 Å². The summed E-state index contributed by atoms with van der Waals surface area (Å²) in [5.41, 5.74) is 2.37. The average Bonchev–Trinajstić information content (AvgIpc) is 2.63. The molecule has 0 aliphatic carbocycles. The number of aryl methyl sites for hydroxylation is 2. The van der Waals surface area contributed by atoms with Gasteiger partial charge in [0, 0.05) is 18.0 Å². The molecule has 2 heterocycles. The van der Waals surface area contributed by atoms with Gasteiger partial charge in [-0.3, -0.25) is 9.78 Å². The van der Waals surface area contributed by atoms with Crippen LogP contribution in [0.5, 0.6) is 0 Å². The van der Waals surface area contributed by atoms with E-state index in [1.54, 1.807) is 24.5 Å². The maximum atomic E-state index is 11.9. The highest BCUT2D eigenvalue weighted by Gasteiger charge is 2.15. The number of nitrogens with zero attached hydrogens (tertiary/aromatic N) is 1. The van der Waals surface area contributed by atoms with Crippen molar-refractivity contribution in [1.29, 1.82) is 0 Å². The molecule has 0 saturated heterocycles. The summed E-state index contributed by atoms with van der Waals surface area (Å²) in [6.45, 7) is 3.75. The third-order valence-corrected chi connectivity index (χ3v) is 2.21. The topological polar surface area (TPSA) is 43.1 Å². The van der Waals surface area contributed by atoms with E-state index < -0.39 is 0 Å². The van der Waals surface area contributed by atoms with Gasteiger partial charge in [-0.15, -0.1) is 0 Å². The Morgan fingerprint density at radius 3 is 2.73 bits per heavy atom. The van der Waals surface area contributed by atoms with Crippen molar-refractivity contribution in [2.45, 2.75) is 13.8 Å². The Bertz CT molecular complexity index is 500. The molecule has 76 valence electrons. The molecule has 2 rings (SSSR count). The second-order valence-corrected chi connectivity index (χ2v) is 3.51. The lowest BCUT2D eigenvalue weighted by Crippen LogP contribution is -2.02. The van der Waals surface area contributed by atoms with Gasteiger partial charge < -0.3 is 4.42 Å². The van der Waals surface area contributed by atoms with Gasteiger partial charge in [0.2, 0.25) is 5.78 Å². The van der Waals surface area contributed by atoms with E-state index >= 15 is 0 Å². The molecule has 0 aliphatic heterocycles. The number of aromatic nitrogens is 1. The molecule has 0 amide bonds. The van der Waals surface area contributed by atoms with Crippen LogP contribution < -0.4 is 0 Å². The standard InChI is InChI=1S/C12H11NO2/c1-8-5-10(7-13-6-8)11(14)12-9(2)3-4-15-12/h3-7H,1-2H3. The van der Waals surface area contributed by atoms with Gasteiger partial charge in [0.25, 0.3) is 0 Å². The summed E-state index contributed by atoms with van der Waals surface area (Å²) < 4.78 is 5.14. The number of pyridine rings is 1. The van der Waals surface area contributed by atoms with Crippen LogP contribution in [0.15, 0.2) is 35.2 Å². The van der Waals surface area contributed by atoms with Crippen LogP contribution in [-0.4, -0.2) is 10.8 Å². The lowest BCUT2D eigenvalue weighted by Gasteiger charge is -1.99. The highest BCUT2D eigenvalue weighted by molar-refractivity contribution is 6.07. The predicted molar refractivity (Wildman–Crippen MR) is 55.9 cm³/mol. The quantitative estimate of drug-likeness (QED) is 0.701. The molecular formula is C12H11NO2. The van der Waals surface area contributed by atoms with Gasteiger partial charge in [-0.1, -0.05) is 0 Å². The van der Waals surface area contributed by atoms with Crippen LogP contribution in [0.4, 0.5) is 0 Å². The van der Waals surface area contributed by atoms with Gasteiger partial charge in [-0.05, 0) is 37.1 Å². The van der Waals surface area contributed by atoms with E-state index in [9.17, 15) is 4.79 Å². The molecule has 0 radical (unpaired) electrons. The van der Waals surface area contributed by atoms with Crippen molar-refractivity contribution in [3.05, 3.63) is 53.2 Å². The molecule has 0 fully saturated rings. The van der Waals surface area contributed by atoms with Crippen molar-refractivity contribution < 1.29 is 9.21 Å². The van der Waals surface area contributed by atoms with Crippen molar-refractivity contribution in [3.8, 4) is 0 Å². The van der Waals surface area contributed by atoms with E-state index in [2.05, 4.69) is 4.98 Å². The summed E-state index contributed by atoms with van der Waals surface area (Å²) in [6.07, 6.45) is 4.79. The highest BCUT2D eigenvalue weighted by atomic mass is 16.3. The molecule has 2 aromatic rings. The van der Waals surface area contributed by atoms with Crippen LogP contribution in [0.1, 0.15) is 27.2 Å². The maximum absolute atomic E-state index is 11.9. The van der Waals surface area contributed by atoms with Crippen molar-refractivity contribution in [2.75, 3.05) is 0 Å². The van der Waals surface area contributed by atoms with Crippen molar-refractivity contribution in [2.24, 2.45) is 0 Å². The van der Waals surface area contributed by atoms with Gasteiger partial charge >= 0.3 is 0 Å². The fourth-order valence-electron chi connectivity index (χ4n) is 1.42. The first-order valence-corrected chi connectivity index (χ1v) is 4.69. The molecule has 3 nitrogen and oxygen atoms in total. The zero-order valence-corrected chi connectivity index (χ0v) is 8.65. The Balaban J connectivity index is 2.41. The van der Waals surface area contributed by atoms with Crippen LogP contribution in [-0.2, 0) is 0 Å². The molecule has 0 unspecified atom stereocenters. The minimum Gasteiger partial charge on any atom is -0.461 e. The summed E-state index contributed by atoms with van der Waals surface area (Å²) >= 11 is 0. The number of ketones is 1. The monoisotopic (exact) mass is 201 g/mol. The summed E-state index contributed by atoms with van der Waals surface area (Å²) in [5.74, 6) is 0.274. The SMILES string of the molecule is Cc1cncc(C(=O)c2occc2C)c1. The average molecular weight is 201 g/mol. The van der Waals surface area contributed by atoms with E-state index in [4.69, 9.17) is 4.42 Å². The van der Waals surface area contributed by atoms with Gasteiger partial charge in [0.1, 0.15) is 0 Å². The first kappa shape index (κ1) is 9.65. The van der Waals surface area contributed by atoms with Gasteiger partial charge in [-0.2, -0.15) is 0 Å². The molecule has 0 N–H and O–H groups in total. The minimum absolute atomic E-state index is 0.117. The lowest BCUT2D eigenvalue weighted by molar-refractivity contribution is 0.101. The van der Waals surface area contributed by atoms with E-state index in [0.29, 0.717) is 11.3 Å². The number of rotatable bonds is 2. The molecule has 0 atom stereocenters. The van der Waals surface area contributed by atoms with Crippen LogP contribution >= 0.6 is 0 Å². The Morgan fingerprint density at radius 2 is 2.13 bits per heavy atom. The molecule has 15 heavy (non-hydrogen) atoms. The molecule has 0 spiro atoms. The fourth-order valence-corrected chi connectivity index (χ4v) is 1.42. The number of carbonyl (C=O) groups excluding carboxylic acids is 1. The second-order valence-electron chi connectivity index (χ2n) is 3.51. The van der Waals surface area contributed by atoms with E-state index in [1.165, 1.54) is 6.26 Å². The Labute approximate surface area is 87.8 Å². The van der Waals surface area contributed by atoms with Crippen LogP contribution in [0.3, 0.4) is 0 Å². The largest absolute Gasteiger partial charge is 0.461 e. The molecule has 0 saturated carbocycles. The Hall–Kier alpha value is -1.90. The number of carbonyl (C=O) groups is 1. The molecular weight excluding hydrogens is 190 g/mol. The van der Waals surface area contributed by atoms with Crippen molar-refractivity contribution in [3.63, 3.8) is 0 Å². The molecule has 3 heteroatoms. The minimum atomic E-state index is -0.117. The van der Waals surface area contributed by atoms with Crippen LogP contribution in [0.25, 0.3) is 0 Å². The van der Waals surface area contributed by atoms with E-state index in [-0.39, 0.29) is 5.78 Å². The van der Waals surface area contributed by atoms with Crippen molar-refractivity contribution >= 4 is 5.78 Å². The summed E-state index contributed by atoms with van der Waals surface area (Å²) in [5, 5.41) is 0. The molecule has 0 bridgehead atoms. The zero-order chi connectivity index (χ0) is 10.8. The Kier molecular flexibility index (Phi) is 2.37. The fraction of sp³-hybridized carbons (Fsp3) is 0.167. The normalized spacial score (nSPS) is 10.3. The first-order chi connectivity index (χ1) is 7.18. The maximum Gasteiger partial charge on any atom is 0.229 e. The van der Waals surface area contributed by atoms with Crippen LogP contribution in [0, 0.1) is 13.8 Å². The Morgan fingerprint density at radius 1 is 1.33 bits per heavy atom. The number of hydrogen-bond donors (Lipinski definition) is 0. The third kappa shape index (κ3) is 1.81. The zero-order valence-electron chi connectivity index (χ0n) is 8.65. The summed E-state index contributed by atoms with van der Waals surface area (Å²) in [7, 11) is 0. The second kappa shape index (κ2) is 3.69. The molecule has 0 aromatic carbocycles. The predicted octanol–water partition coefficient (Wildman–Crippen LogP) is 2.52.